The molecule has 0 amide bonds. The first kappa shape index (κ1) is 80.0. The van der Waals surface area contributed by atoms with E-state index in [1.165, 1.54) is 28.4 Å². The molecule has 0 spiro atoms. The molecule has 568 valence electrons. The first-order chi connectivity index (χ1) is 52.1. The van der Waals surface area contributed by atoms with Crippen molar-refractivity contribution in [2.75, 3.05) is 85.3 Å². The van der Waals surface area contributed by atoms with E-state index < -0.39 is 0 Å². The van der Waals surface area contributed by atoms with Gasteiger partial charge in [0.2, 0.25) is 0 Å². The fraction of sp³-hybridized carbons (Fsp3) is 0.333. The van der Waals surface area contributed by atoms with Gasteiger partial charge in [-0.1, -0.05) is 27.7 Å². The lowest BCUT2D eigenvalue weighted by atomic mass is 9.85. The van der Waals surface area contributed by atoms with E-state index in [9.17, 15) is 20.4 Å². The van der Waals surface area contributed by atoms with Crippen LogP contribution in [0.25, 0.3) is 0 Å². The SMILES string of the molecule is CC[C@@H]1C(C)=NN=C(c2ccc(OC)c(O)c2)c2cc(OC)c(OC)cc21.CC[C@@H]1C(C)=NN=C(c2ccc(OC)c(O)c2)c2cc(OC)c(OC)cc21.CC[C@H]1C(C)=NN=C(c2ccc(OC)c(O)c2)c2cc(OC)c(OC)cc21.CC[C@H]1C(C)=NN=C(c2ccc(OC)c(O)c2)c2cc(OC)c(OC)cc21. The maximum atomic E-state index is 10.2. The number of ether oxygens (including phenoxy) is 12. The van der Waals surface area contributed by atoms with Gasteiger partial charge in [0, 0.05) is 91.0 Å². The van der Waals surface area contributed by atoms with Crippen LogP contribution in [0.3, 0.4) is 0 Å². The Kier molecular flexibility index (Phi) is 26.9. The summed E-state index contributed by atoms with van der Waals surface area (Å²) >= 11 is 0. The fourth-order valence-corrected chi connectivity index (χ4v) is 13.7. The van der Waals surface area contributed by atoms with Gasteiger partial charge in [-0.25, -0.2) is 0 Å². The third kappa shape index (κ3) is 16.8. The molecule has 0 aromatic heterocycles. The Morgan fingerprint density at radius 1 is 0.231 bits per heavy atom. The molecule has 8 aromatic rings. The van der Waals surface area contributed by atoms with Crippen molar-refractivity contribution in [1.29, 1.82) is 0 Å². The van der Waals surface area contributed by atoms with Crippen molar-refractivity contribution in [1.82, 2.24) is 0 Å². The lowest BCUT2D eigenvalue weighted by Crippen LogP contribution is -2.12. The van der Waals surface area contributed by atoms with Crippen LogP contribution in [-0.4, -0.2) is 151 Å². The quantitative estimate of drug-likeness (QED) is 0.0551. The van der Waals surface area contributed by atoms with Crippen LogP contribution in [0.1, 0.15) is 172 Å². The van der Waals surface area contributed by atoms with E-state index in [1.807, 2.05) is 100 Å². The Hall–Kier alpha value is -12.1. The number of benzene rings is 8. The second kappa shape index (κ2) is 36.3. The zero-order valence-electron chi connectivity index (χ0n) is 65.0. The van der Waals surface area contributed by atoms with E-state index in [2.05, 4.69) is 68.5 Å². The molecule has 0 bridgehead atoms. The summed E-state index contributed by atoms with van der Waals surface area (Å²) in [5, 5.41) is 76.6. The summed E-state index contributed by atoms with van der Waals surface area (Å²) in [7, 11) is 19.0. The van der Waals surface area contributed by atoms with Crippen LogP contribution in [0.2, 0.25) is 0 Å². The van der Waals surface area contributed by atoms with Crippen molar-refractivity contribution in [3.8, 4) is 92.0 Å². The summed E-state index contributed by atoms with van der Waals surface area (Å²) in [6, 6.07) is 36.5. The molecule has 12 rings (SSSR count). The first-order valence-corrected chi connectivity index (χ1v) is 35.2. The zero-order valence-corrected chi connectivity index (χ0v) is 65.0. The monoisotopic (exact) mass is 1470 g/mol. The molecule has 0 saturated heterocycles. The highest BCUT2D eigenvalue weighted by atomic mass is 16.5. The standard InChI is InChI=1S/4C21H24N2O4/c4*1-6-14-12(2)22-23-21(13-7-8-18(25-3)17(24)9-13)16-11-20(27-5)19(26-4)10-15(14)16/h4*7-11,14,24H,6H2,1-5H3/t4*14-/m1100/s1. The number of hydrogen-bond acceptors (Lipinski definition) is 24. The number of fused-ring (bicyclic) bond motifs is 4. The van der Waals surface area contributed by atoms with E-state index >= 15 is 0 Å². The summed E-state index contributed by atoms with van der Waals surface area (Å²) in [5.41, 5.74) is 17.3. The third-order valence-corrected chi connectivity index (χ3v) is 19.4. The molecule has 4 N–H and O–H groups in total. The average molecular weight is 1470 g/mol. The predicted octanol–water partition coefficient (Wildman–Crippen LogP) is 16.6. The topological polar surface area (TPSA) is 291 Å². The van der Waals surface area contributed by atoms with E-state index in [4.69, 9.17) is 56.8 Å². The molecule has 4 aliphatic rings. The maximum absolute atomic E-state index is 10.2. The summed E-state index contributed by atoms with van der Waals surface area (Å²) in [6.07, 6.45) is 3.53. The molecule has 8 aromatic carbocycles. The van der Waals surface area contributed by atoms with Crippen molar-refractivity contribution in [3.05, 3.63) is 188 Å². The highest BCUT2D eigenvalue weighted by molar-refractivity contribution is 6.19. The van der Waals surface area contributed by atoms with Crippen molar-refractivity contribution >= 4 is 45.7 Å². The van der Waals surface area contributed by atoms with Crippen LogP contribution in [0.15, 0.2) is 162 Å². The molecular weight excluding hydrogens is 1380 g/mol. The number of phenolic OH excluding ortho intramolecular Hbond substituents is 4. The molecular formula is C84H96N8O16. The lowest BCUT2D eigenvalue weighted by Gasteiger charge is -2.20. The lowest BCUT2D eigenvalue weighted by molar-refractivity contribution is 0.354. The average Bonchev–Trinajstić information content (AvgIpc) is 1.53. The molecule has 108 heavy (non-hydrogen) atoms. The van der Waals surface area contributed by atoms with Gasteiger partial charge >= 0.3 is 0 Å². The Balaban J connectivity index is 0.000000166. The molecule has 0 fully saturated rings. The van der Waals surface area contributed by atoms with E-state index in [0.717, 1.165) is 115 Å². The van der Waals surface area contributed by atoms with E-state index in [0.29, 0.717) is 91.8 Å². The molecule has 0 aliphatic carbocycles. The Bertz CT molecular complexity index is 4280. The minimum absolute atomic E-state index is 0.0525. The Morgan fingerprint density at radius 2 is 0.398 bits per heavy atom. The van der Waals surface area contributed by atoms with Crippen LogP contribution >= 0.6 is 0 Å². The number of nitrogens with zero attached hydrogens (tertiary/aromatic N) is 8. The largest absolute Gasteiger partial charge is 0.504 e. The first-order valence-electron chi connectivity index (χ1n) is 35.2. The van der Waals surface area contributed by atoms with Crippen LogP contribution in [-0.2, 0) is 0 Å². The van der Waals surface area contributed by atoms with Gasteiger partial charge in [0.15, 0.2) is 92.0 Å². The van der Waals surface area contributed by atoms with Crippen molar-refractivity contribution in [3.63, 3.8) is 0 Å². The van der Waals surface area contributed by atoms with Gasteiger partial charge in [-0.15, -0.1) is 20.4 Å². The van der Waals surface area contributed by atoms with Crippen molar-refractivity contribution < 1.29 is 77.3 Å². The highest BCUT2D eigenvalue weighted by Crippen LogP contribution is 2.45. The summed E-state index contributed by atoms with van der Waals surface area (Å²) < 4.78 is 64.6. The minimum atomic E-state index is 0.0525. The second-order valence-electron chi connectivity index (χ2n) is 25.3. The van der Waals surface area contributed by atoms with Gasteiger partial charge in [0.05, 0.1) is 85.3 Å². The van der Waals surface area contributed by atoms with Crippen LogP contribution in [0.5, 0.6) is 92.0 Å². The minimum Gasteiger partial charge on any atom is -0.504 e. The summed E-state index contributed by atoms with van der Waals surface area (Å²) in [6.45, 7) is 16.4. The second-order valence-corrected chi connectivity index (χ2v) is 25.3. The highest BCUT2D eigenvalue weighted by Gasteiger charge is 2.32. The molecule has 0 unspecified atom stereocenters. The van der Waals surface area contributed by atoms with Gasteiger partial charge in [-0.2, -0.15) is 20.4 Å². The molecule has 4 heterocycles. The van der Waals surface area contributed by atoms with Crippen LogP contribution in [0.4, 0.5) is 0 Å². The zero-order chi connectivity index (χ0) is 78.2. The maximum Gasteiger partial charge on any atom is 0.161 e. The van der Waals surface area contributed by atoms with E-state index in [1.54, 1.807) is 105 Å². The summed E-state index contributed by atoms with van der Waals surface area (Å²) in [5.74, 6) is 7.48. The fourth-order valence-electron chi connectivity index (χ4n) is 13.7. The molecule has 4 atom stereocenters. The summed E-state index contributed by atoms with van der Waals surface area (Å²) in [4.78, 5) is 0. The van der Waals surface area contributed by atoms with Gasteiger partial charge < -0.3 is 77.3 Å². The normalized spacial score (nSPS) is 16.0. The number of rotatable bonds is 20. The number of hydrogen-bond donors (Lipinski definition) is 4. The van der Waals surface area contributed by atoms with Gasteiger partial charge in [0.1, 0.15) is 22.8 Å². The van der Waals surface area contributed by atoms with Gasteiger partial charge in [0.25, 0.3) is 0 Å². The van der Waals surface area contributed by atoms with Crippen LogP contribution < -0.4 is 56.8 Å². The van der Waals surface area contributed by atoms with Gasteiger partial charge in [-0.05, 0) is 197 Å². The molecule has 0 radical (unpaired) electrons. The Morgan fingerprint density at radius 3 is 0.546 bits per heavy atom. The number of phenols is 4. The molecule has 24 nitrogen and oxygen atoms in total. The third-order valence-electron chi connectivity index (χ3n) is 19.4. The predicted molar refractivity (Wildman–Crippen MR) is 424 cm³/mol. The van der Waals surface area contributed by atoms with Crippen molar-refractivity contribution in [2.24, 2.45) is 40.8 Å². The molecule has 0 saturated carbocycles. The molecule has 4 aliphatic heterocycles. The Labute approximate surface area is 631 Å². The number of aromatic hydroxyl groups is 4. The number of methoxy groups -OCH3 is 12. The van der Waals surface area contributed by atoms with Crippen molar-refractivity contribution in [2.45, 2.75) is 105 Å². The van der Waals surface area contributed by atoms with Gasteiger partial charge in [-0.3, -0.25) is 0 Å². The molecule has 24 heteroatoms. The van der Waals surface area contributed by atoms with E-state index in [-0.39, 0.29) is 46.7 Å². The van der Waals surface area contributed by atoms with Crippen LogP contribution in [0, 0.1) is 0 Å². The smallest absolute Gasteiger partial charge is 0.161 e.